The molecule has 0 atom stereocenters. The standard InChI is InChI=1S/C19H22N4O3S/c1-13-6-7-15(9-14(13)2)26-11-17-21-22-19(23(17)3)27-12-18(24)20-10-16-5-4-8-25-16/h4-9H,10-12H2,1-3H3,(H,20,24). The van der Waals surface area contributed by atoms with Crippen molar-refractivity contribution in [3.8, 4) is 5.75 Å². The van der Waals surface area contributed by atoms with Gasteiger partial charge >= 0.3 is 0 Å². The van der Waals surface area contributed by atoms with Crippen LogP contribution in [0.4, 0.5) is 0 Å². The Kier molecular flexibility index (Phi) is 6.18. The normalized spacial score (nSPS) is 10.8. The van der Waals surface area contributed by atoms with Crippen LogP contribution in [-0.4, -0.2) is 26.4 Å². The first-order valence-electron chi connectivity index (χ1n) is 8.53. The number of ether oxygens (including phenoxy) is 1. The Morgan fingerprint density at radius 1 is 1.26 bits per heavy atom. The number of hydrogen-bond donors (Lipinski definition) is 1. The third-order valence-electron chi connectivity index (χ3n) is 4.14. The van der Waals surface area contributed by atoms with E-state index in [1.54, 1.807) is 12.3 Å². The highest BCUT2D eigenvalue weighted by molar-refractivity contribution is 7.99. The lowest BCUT2D eigenvalue weighted by Gasteiger charge is -2.08. The van der Waals surface area contributed by atoms with Crippen LogP contribution in [0.3, 0.4) is 0 Å². The summed E-state index contributed by atoms with van der Waals surface area (Å²) in [5, 5.41) is 11.8. The lowest BCUT2D eigenvalue weighted by molar-refractivity contribution is -0.118. The molecule has 3 aromatic rings. The summed E-state index contributed by atoms with van der Waals surface area (Å²) in [6.07, 6.45) is 1.58. The van der Waals surface area contributed by atoms with E-state index in [-0.39, 0.29) is 11.7 Å². The summed E-state index contributed by atoms with van der Waals surface area (Å²) in [7, 11) is 1.86. The molecule has 1 amide bonds. The van der Waals surface area contributed by atoms with Crippen molar-refractivity contribution in [3.05, 3.63) is 59.3 Å². The molecule has 8 heteroatoms. The molecule has 2 aromatic heterocycles. The number of aryl methyl sites for hydroxylation is 2. The van der Waals surface area contributed by atoms with E-state index < -0.39 is 0 Å². The van der Waals surface area contributed by atoms with Gasteiger partial charge in [-0.25, -0.2) is 0 Å². The highest BCUT2D eigenvalue weighted by Crippen LogP contribution is 2.19. The summed E-state index contributed by atoms with van der Waals surface area (Å²) in [5.41, 5.74) is 2.41. The molecule has 0 unspecified atom stereocenters. The molecule has 0 fully saturated rings. The van der Waals surface area contributed by atoms with Gasteiger partial charge in [-0.3, -0.25) is 4.79 Å². The number of nitrogens with one attached hydrogen (secondary N) is 1. The van der Waals surface area contributed by atoms with E-state index in [4.69, 9.17) is 9.15 Å². The Morgan fingerprint density at radius 3 is 2.85 bits per heavy atom. The first-order chi connectivity index (χ1) is 13.0. The van der Waals surface area contributed by atoms with Gasteiger partial charge in [0, 0.05) is 7.05 Å². The number of nitrogens with zero attached hydrogens (tertiary/aromatic N) is 3. The van der Waals surface area contributed by atoms with Gasteiger partial charge in [0.15, 0.2) is 11.0 Å². The minimum atomic E-state index is -0.0904. The van der Waals surface area contributed by atoms with Crippen molar-refractivity contribution in [3.63, 3.8) is 0 Å². The summed E-state index contributed by atoms with van der Waals surface area (Å²) in [5.74, 6) is 2.38. The highest BCUT2D eigenvalue weighted by Gasteiger charge is 2.12. The van der Waals surface area contributed by atoms with Crippen LogP contribution in [0.25, 0.3) is 0 Å². The SMILES string of the molecule is Cc1ccc(OCc2nnc(SCC(=O)NCc3ccco3)n2C)cc1C. The van der Waals surface area contributed by atoms with Crippen molar-refractivity contribution in [2.75, 3.05) is 5.75 Å². The lowest BCUT2D eigenvalue weighted by Crippen LogP contribution is -2.24. The Morgan fingerprint density at radius 2 is 2.11 bits per heavy atom. The number of aromatic nitrogens is 3. The molecule has 0 saturated heterocycles. The van der Waals surface area contributed by atoms with Crippen molar-refractivity contribution in [1.29, 1.82) is 0 Å². The maximum absolute atomic E-state index is 11.9. The molecule has 0 saturated carbocycles. The summed E-state index contributed by atoms with van der Waals surface area (Å²) in [6.45, 7) is 4.81. The summed E-state index contributed by atoms with van der Waals surface area (Å²) in [4.78, 5) is 11.9. The fourth-order valence-corrected chi connectivity index (χ4v) is 3.09. The van der Waals surface area contributed by atoms with Crippen LogP contribution in [0, 0.1) is 13.8 Å². The number of carbonyl (C=O) groups excluding carboxylic acids is 1. The van der Waals surface area contributed by atoms with Gasteiger partial charge in [0.25, 0.3) is 0 Å². The fraction of sp³-hybridized carbons (Fsp3) is 0.316. The van der Waals surface area contributed by atoms with Gasteiger partial charge in [-0.1, -0.05) is 17.8 Å². The van der Waals surface area contributed by atoms with Crippen molar-refractivity contribution in [1.82, 2.24) is 20.1 Å². The predicted molar refractivity (Wildman–Crippen MR) is 103 cm³/mol. The third-order valence-corrected chi connectivity index (χ3v) is 5.16. The molecule has 0 spiro atoms. The van der Waals surface area contributed by atoms with Gasteiger partial charge in [0.1, 0.15) is 18.1 Å². The lowest BCUT2D eigenvalue weighted by atomic mass is 10.1. The molecule has 0 aliphatic carbocycles. The molecule has 142 valence electrons. The third kappa shape index (κ3) is 5.13. The molecule has 3 rings (SSSR count). The quantitative estimate of drug-likeness (QED) is 0.599. The van der Waals surface area contributed by atoms with Gasteiger partial charge < -0.3 is 19.0 Å². The van der Waals surface area contributed by atoms with E-state index in [1.807, 2.05) is 35.9 Å². The van der Waals surface area contributed by atoms with Gasteiger partial charge in [-0.15, -0.1) is 10.2 Å². The van der Waals surface area contributed by atoms with E-state index in [0.29, 0.717) is 24.1 Å². The monoisotopic (exact) mass is 386 g/mol. The van der Waals surface area contributed by atoms with Crippen LogP contribution in [0.2, 0.25) is 0 Å². The topological polar surface area (TPSA) is 82.2 Å². The van der Waals surface area contributed by atoms with E-state index in [1.165, 1.54) is 22.9 Å². The molecule has 1 N–H and O–H groups in total. The van der Waals surface area contributed by atoms with Crippen LogP contribution < -0.4 is 10.1 Å². The molecular formula is C19H22N4O3S. The van der Waals surface area contributed by atoms with Gasteiger partial charge in [-0.05, 0) is 49.2 Å². The number of thioether (sulfide) groups is 1. The smallest absolute Gasteiger partial charge is 0.230 e. The molecule has 0 bridgehead atoms. The second kappa shape index (κ2) is 8.77. The van der Waals surface area contributed by atoms with E-state index in [9.17, 15) is 4.79 Å². The predicted octanol–water partition coefficient (Wildman–Crippen LogP) is 3.01. The zero-order chi connectivity index (χ0) is 19.2. The highest BCUT2D eigenvalue weighted by atomic mass is 32.2. The first kappa shape index (κ1) is 19.0. The Balaban J connectivity index is 1.49. The fourth-order valence-electron chi connectivity index (χ4n) is 2.33. The summed E-state index contributed by atoms with van der Waals surface area (Å²) in [6, 6.07) is 9.58. The molecule has 7 nitrogen and oxygen atoms in total. The van der Waals surface area contributed by atoms with Crippen molar-refractivity contribution < 1.29 is 13.9 Å². The van der Waals surface area contributed by atoms with E-state index in [0.717, 1.165) is 11.5 Å². The Bertz CT molecular complexity index is 906. The van der Waals surface area contributed by atoms with Crippen LogP contribution in [0.1, 0.15) is 22.7 Å². The maximum Gasteiger partial charge on any atom is 0.230 e. The molecular weight excluding hydrogens is 364 g/mol. The van der Waals surface area contributed by atoms with Crippen molar-refractivity contribution in [2.24, 2.45) is 7.05 Å². The Labute approximate surface area is 162 Å². The average Bonchev–Trinajstić information content (AvgIpc) is 3.29. The zero-order valence-electron chi connectivity index (χ0n) is 15.6. The van der Waals surface area contributed by atoms with E-state index >= 15 is 0 Å². The number of carbonyl (C=O) groups is 1. The van der Waals surface area contributed by atoms with Gasteiger partial charge in [0.2, 0.25) is 5.91 Å². The van der Waals surface area contributed by atoms with Crippen LogP contribution in [0.15, 0.2) is 46.2 Å². The minimum Gasteiger partial charge on any atom is -0.486 e. The second-order valence-electron chi connectivity index (χ2n) is 6.14. The molecule has 0 aliphatic heterocycles. The largest absolute Gasteiger partial charge is 0.486 e. The Hall–Kier alpha value is -2.74. The van der Waals surface area contributed by atoms with Crippen LogP contribution >= 0.6 is 11.8 Å². The minimum absolute atomic E-state index is 0.0904. The second-order valence-corrected chi connectivity index (χ2v) is 7.08. The van der Waals surface area contributed by atoms with Crippen molar-refractivity contribution in [2.45, 2.75) is 32.2 Å². The van der Waals surface area contributed by atoms with Gasteiger partial charge in [-0.2, -0.15) is 0 Å². The maximum atomic E-state index is 11.9. The molecule has 27 heavy (non-hydrogen) atoms. The number of hydrogen-bond acceptors (Lipinski definition) is 6. The zero-order valence-corrected chi connectivity index (χ0v) is 16.4. The molecule has 1 aromatic carbocycles. The molecule has 0 radical (unpaired) electrons. The summed E-state index contributed by atoms with van der Waals surface area (Å²) >= 11 is 1.33. The number of furan rings is 1. The van der Waals surface area contributed by atoms with Crippen molar-refractivity contribution >= 4 is 17.7 Å². The first-order valence-corrected chi connectivity index (χ1v) is 9.51. The molecule has 0 aliphatic rings. The van der Waals surface area contributed by atoms with Gasteiger partial charge in [0.05, 0.1) is 18.6 Å². The van der Waals surface area contributed by atoms with Crippen LogP contribution in [0.5, 0.6) is 5.75 Å². The van der Waals surface area contributed by atoms with E-state index in [2.05, 4.69) is 29.4 Å². The summed E-state index contributed by atoms with van der Waals surface area (Å²) < 4.78 is 12.8. The molecule has 2 heterocycles. The number of amides is 1. The average molecular weight is 386 g/mol. The van der Waals surface area contributed by atoms with Crippen LogP contribution in [-0.2, 0) is 25.0 Å². The number of benzene rings is 1. The number of rotatable bonds is 8.